The van der Waals surface area contributed by atoms with E-state index < -0.39 is 0 Å². The van der Waals surface area contributed by atoms with E-state index in [9.17, 15) is 0 Å². The Balaban J connectivity index is -0.000000245. The first kappa shape index (κ1) is 16.6. The smallest absolute Gasteiger partial charge is 0.128 e. The minimum atomic E-state index is 0. The molecule has 0 rings (SSSR count). The molecule has 58 valence electrons. The first-order valence-electron chi connectivity index (χ1n) is 3.14. The first-order chi connectivity index (χ1) is 3.56. The van der Waals surface area contributed by atoms with Crippen molar-refractivity contribution in [3.05, 3.63) is 0 Å². The van der Waals surface area contributed by atoms with Crippen molar-refractivity contribution >= 4 is 16.8 Å². The number of quaternary nitrogens is 2. The van der Waals surface area contributed by atoms with Crippen LogP contribution < -0.4 is 5.32 Å². The Morgan fingerprint density at radius 1 is 1.10 bits per heavy atom. The molecule has 0 aromatic carbocycles. The van der Waals surface area contributed by atoms with E-state index in [0.717, 1.165) is 4.48 Å². The van der Waals surface area contributed by atoms with Crippen LogP contribution in [0.5, 0.6) is 0 Å². The third kappa shape index (κ3) is 15.7. The summed E-state index contributed by atoms with van der Waals surface area (Å²) < 4.78 is 1.07. The lowest BCUT2D eigenvalue weighted by atomic mass is 10.5. The molecular weight excluding hydrogens is 122 g/mol. The molecular formula is C6H18B2N2. The summed E-state index contributed by atoms with van der Waals surface area (Å²) in [6, 6.07) is 0. The fourth-order valence-corrected chi connectivity index (χ4v) is 0.516. The van der Waals surface area contributed by atoms with Crippen LogP contribution in [0.1, 0.15) is 0 Å². The molecule has 8 radical (unpaired) electrons. The van der Waals surface area contributed by atoms with Crippen LogP contribution in [-0.2, 0) is 0 Å². The predicted molar refractivity (Wildman–Crippen MR) is 47.1 cm³/mol. The van der Waals surface area contributed by atoms with E-state index in [1.807, 2.05) is 0 Å². The van der Waals surface area contributed by atoms with Gasteiger partial charge in [0.2, 0.25) is 0 Å². The second kappa shape index (κ2) is 7.16. The molecule has 2 nitrogen and oxygen atoms in total. The van der Waals surface area contributed by atoms with E-state index in [1.165, 1.54) is 13.1 Å². The largest absolute Gasteiger partial charge is 1.00 e. The lowest BCUT2D eigenvalue weighted by Crippen LogP contribution is -2.81. The summed E-state index contributed by atoms with van der Waals surface area (Å²) in [5, 5.41) is 2.21. The number of hydrogen-bond donors (Lipinski definition) is 1. The van der Waals surface area contributed by atoms with Crippen molar-refractivity contribution in [3.63, 3.8) is 0 Å². The Bertz CT molecular complexity index is 61.3. The molecule has 0 amide bonds. The molecule has 0 spiro atoms. The summed E-state index contributed by atoms with van der Waals surface area (Å²) in [6.45, 7) is 2.47. The van der Waals surface area contributed by atoms with Crippen molar-refractivity contribution in [2.45, 2.75) is 0 Å². The Morgan fingerprint density at radius 2 is 1.50 bits per heavy atom. The highest BCUT2D eigenvalue weighted by atomic mass is 15.3. The predicted octanol–water partition coefficient (Wildman–Crippen LogP) is -1.88. The van der Waals surface area contributed by atoms with E-state index in [1.54, 1.807) is 0 Å². The lowest BCUT2D eigenvalue weighted by molar-refractivity contribution is -0.883. The van der Waals surface area contributed by atoms with Gasteiger partial charge in [-0.05, 0) is 0 Å². The van der Waals surface area contributed by atoms with E-state index in [4.69, 9.17) is 0 Å². The quantitative estimate of drug-likeness (QED) is 0.349. The molecule has 0 bridgehead atoms. The Labute approximate surface area is 68.7 Å². The maximum atomic E-state index is 2.21. The second-order valence-electron chi connectivity index (χ2n) is 3.21. The summed E-state index contributed by atoms with van der Waals surface area (Å²) >= 11 is 0. The van der Waals surface area contributed by atoms with Gasteiger partial charge < -0.3 is 26.6 Å². The zero-order valence-electron chi connectivity index (χ0n) is 7.59. The van der Waals surface area contributed by atoms with Gasteiger partial charge in [-0.25, -0.2) is 0 Å². The summed E-state index contributed by atoms with van der Waals surface area (Å²) in [4.78, 5) is 0. The minimum Gasteiger partial charge on any atom is -1.00 e. The van der Waals surface area contributed by atoms with Crippen LogP contribution in [0.4, 0.5) is 0 Å². The van der Waals surface area contributed by atoms with Crippen LogP contribution in [0.3, 0.4) is 0 Å². The lowest BCUT2D eigenvalue weighted by Gasteiger charge is -2.21. The molecule has 0 saturated carbocycles. The van der Waals surface area contributed by atoms with Crippen LogP contribution in [0.15, 0.2) is 0 Å². The number of nitrogens with zero attached hydrogens (tertiary/aromatic N) is 1. The number of hydrogen-bond acceptors (Lipinski definition) is 0. The molecule has 2 N–H and O–H groups in total. The summed E-state index contributed by atoms with van der Waals surface area (Å²) in [6.07, 6.45) is 0. The van der Waals surface area contributed by atoms with Crippen LogP contribution in [0, 0.1) is 0 Å². The topological polar surface area (TPSA) is 16.6 Å². The van der Waals surface area contributed by atoms with Gasteiger partial charge in [0.15, 0.2) is 0 Å². The molecule has 0 unspecified atom stereocenters. The van der Waals surface area contributed by atoms with Gasteiger partial charge in [-0.3, -0.25) is 0 Å². The average Bonchev–Trinajstić information content (AvgIpc) is 1.59. The molecule has 0 aromatic rings. The maximum Gasteiger partial charge on any atom is 0.128 e. The molecule has 0 atom stereocenters. The van der Waals surface area contributed by atoms with Gasteiger partial charge in [0, 0.05) is 0 Å². The van der Waals surface area contributed by atoms with Crippen LogP contribution in [-0.4, -0.2) is 62.6 Å². The summed E-state index contributed by atoms with van der Waals surface area (Å²) in [5.41, 5.74) is 0. The van der Waals surface area contributed by atoms with Crippen LogP contribution in [0.2, 0.25) is 0 Å². The molecule has 0 heterocycles. The van der Waals surface area contributed by atoms with Crippen molar-refractivity contribution in [3.8, 4) is 0 Å². The maximum absolute atomic E-state index is 2.21. The molecule has 0 saturated heterocycles. The molecule has 0 aliphatic carbocycles. The monoisotopic (exact) mass is 140 g/mol. The highest BCUT2D eigenvalue weighted by Gasteiger charge is 2.04. The van der Waals surface area contributed by atoms with E-state index in [0.29, 0.717) is 0 Å². The molecule has 0 fully saturated rings. The SMILES string of the molecule is C[NH2+]CC[N+](C)(C)C.[B-].[B-]. The summed E-state index contributed by atoms with van der Waals surface area (Å²) in [5.74, 6) is 0. The molecule has 10 heavy (non-hydrogen) atoms. The Hall–Kier alpha value is 0.0499. The Morgan fingerprint density at radius 3 is 1.60 bits per heavy atom. The van der Waals surface area contributed by atoms with Crippen molar-refractivity contribution in [1.82, 2.24) is 0 Å². The van der Waals surface area contributed by atoms with E-state index >= 15 is 0 Å². The van der Waals surface area contributed by atoms with Crippen molar-refractivity contribution in [2.75, 3.05) is 41.3 Å². The van der Waals surface area contributed by atoms with Crippen LogP contribution in [0.25, 0.3) is 0 Å². The zero-order valence-corrected chi connectivity index (χ0v) is 7.59. The summed E-state index contributed by atoms with van der Waals surface area (Å²) in [7, 11) is 8.74. The number of nitrogens with two attached hydrogens (primary N) is 1. The highest BCUT2D eigenvalue weighted by molar-refractivity contribution is 5.76. The normalized spacial score (nSPS) is 9.60. The second-order valence-corrected chi connectivity index (χ2v) is 3.21. The van der Waals surface area contributed by atoms with Gasteiger partial charge in [-0.1, -0.05) is 0 Å². The molecule has 0 aliphatic heterocycles. The first-order valence-corrected chi connectivity index (χ1v) is 3.14. The van der Waals surface area contributed by atoms with Gasteiger partial charge in [0.1, 0.15) is 13.1 Å². The molecule has 4 heteroatoms. The molecule has 0 aliphatic rings. The number of likely N-dealkylation sites (N-methyl/N-ethyl adjacent to an activating group) is 2. The van der Waals surface area contributed by atoms with Crippen molar-refractivity contribution < 1.29 is 9.80 Å². The fraction of sp³-hybridized carbons (Fsp3) is 1.00. The van der Waals surface area contributed by atoms with E-state index in [2.05, 4.69) is 33.5 Å². The van der Waals surface area contributed by atoms with Gasteiger partial charge >= 0.3 is 0 Å². The average molecular weight is 140 g/mol. The zero-order chi connectivity index (χ0) is 6.62. The third-order valence-corrected chi connectivity index (χ3v) is 1.09. The van der Waals surface area contributed by atoms with E-state index in [-0.39, 0.29) is 16.8 Å². The third-order valence-electron chi connectivity index (χ3n) is 1.09. The van der Waals surface area contributed by atoms with Gasteiger partial charge in [0.25, 0.3) is 0 Å². The van der Waals surface area contributed by atoms with Gasteiger partial charge in [0.05, 0.1) is 28.2 Å². The standard InChI is InChI=1S/C6H17N2.2B/c1-7-5-6-8(2,3)4;;/h7H,5-6H2,1-4H3;;/q+1;2*-1/p+1. The van der Waals surface area contributed by atoms with Crippen LogP contribution >= 0.6 is 0 Å². The highest BCUT2D eigenvalue weighted by Crippen LogP contribution is 1.83. The minimum absolute atomic E-state index is 0. The van der Waals surface area contributed by atoms with Crippen molar-refractivity contribution in [1.29, 1.82) is 0 Å². The van der Waals surface area contributed by atoms with Gasteiger partial charge in [-0.15, -0.1) is 0 Å². The Kier molecular flexibility index (Phi) is 11.9. The number of rotatable bonds is 3. The van der Waals surface area contributed by atoms with Gasteiger partial charge in [-0.2, -0.15) is 0 Å². The fourth-order valence-electron chi connectivity index (χ4n) is 0.516. The van der Waals surface area contributed by atoms with Crippen molar-refractivity contribution in [2.24, 2.45) is 0 Å². The molecule has 0 aromatic heterocycles.